The van der Waals surface area contributed by atoms with Crippen molar-refractivity contribution >= 4 is 33.6 Å². The Morgan fingerprint density at radius 2 is 0.914 bits per heavy atom. The maximum atomic E-state index is 15.2. The summed E-state index contributed by atoms with van der Waals surface area (Å²) in [5.74, 6) is -15.9. The Labute approximate surface area is 205 Å². The van der Waals surface area contributed by atoms with Crippen LogP contribution in [0.25, 0.3) is 0 Å². The minimum absolute atomic E-state index is 0.306. The molecule has 0 aromatic heterocycles. The maximum Gasteiger partial charge on any atom is 0.380 e. The molecule has 0 spiro atoms. The summed E-state index contributed by atoms with van der Waals surface area (Å²) in [6, 6.07) is 17.3. The fourth-order valence-electron chi connectivity index (χ4n) is 4.95. The first-order valence-electron chi connectivity index (χ1n) is 10.7. The molecule has 1 fully saturated rings. The minimum Gasteiger partial charge on any atom is -0.244 e. The van der Waals surface area contributed by atoms with Gasteiger partial charge in [-0.2, -0.15) is 26.3 Å². The molecule has 35 heavy (non-hydrogen) atoms. The van der Waals surface area contributed by atoms with Crippen molar-refractivity contribution in [2.24, 2.45) is 9.98 Å². The van der Waals surface area contributed by atoms with Crippen LogP contribution in [0.15, 0.2) is 93.2 Å². The summed E-state index contributed by atoms with van der Waals surface area (Å²) in [6.45, 7) is 3.19. The van der Waals surface area contributed by atoms with Gasteiger partial charge in [-0.3, -0.25) is 0 Å². The molecule has 2 aromatic rings. The summed E-state index contributed by atoms with van der Waals surface area (Å²) in [5.41, 5.74) is -2.53. The van der Waals surface area contributed by atoms with E-state index < -0.39 is 49.8 Å². The third-order valence-electron chi connectivity index (χ3n) is 7.02. The van der Waals surface area contributed by atoms with Gasteiger partial charge < -0.3 is 0 Å². The number of allylic oxidation sites excluding steroid dienone is 2. The summed E-state index contributed by atoms with van der Waals surface area (Å²) in [6.07, 6.45) is 0. The van der Waals surface area contributed by atoms with Crippen LogP contribution in [0.3, 0.4) is 0 Å². The van der Waals surface area contributed by atoms with E-state index in [-0.39, 0.29) is 0 Å². The number of nitrogens with zero attached hydrogens (tertiary/aromatic N) is 2. The average molecular weight is 523 g/mol. The molecular weight excluding hydrogens is 506 g/mol. The van der Waals surface area contributed by atoms with Crippen LogP contribution in [0.5, 0.6) is 0 Å². The second kappa shape index (κ2) is 6.85. The molecule has 180 valence electrons. The van der Waals surface area contributed by atoms with Crippen LogP contribution in [-0.4, -0.2) is 37.3 Å². The predicted octanol–water partition coefficient (Wildman–Crippen LogP) is 7.33. The molecule has 2 atom stereocenters. The van der Waals surface area contributed by atoms with Crippen molar-refractivity contribution in [3.05, 3.63) is 94.3 Å². The van der Waals surface area contributed by atoms with Crippen molar-refractivity contribution in [2.45, 2.75) is 41.1 Å². The van der Waals surface area contributed by atoms with Gasteiger partial charge in [-0.1, -0.05) is 84.2 Å². The summed E-state index contributed by atoms with van der Waals surface area (Å²) < 4.78 is 87.7. The Hall–Kier alpha value is -2.46. The van der Waals surface area contributed by atoms with E-state index in [1.807, 2.05) is 0 Å². The van der Waals surface area contributed by atoms with E-state index in [0.29, 0.717) is 21.2 Å². The first kappa shape index (κ1) is 23.0. The molecule has 2 aromatic carbocycles. The number of aliphatic imine (C=N–C) groups is 2. The molecule has 0 radical (unpaired) electrons. The smallest absolute Gasteiger partial charge is 0.244 e. The zero-order valence-corrected chi connectivity index (χ0v) is 19.9. The van der Waals surface area contributed by atoms with Crippen molar-refractivity contribution in [1.82, 2.24) is 0 Å². The number of benzene rings is 2. The third kappa shape index (κ3) is 2.62. The number of alkyl halides is 6. The van der Waals surface area contributed by atoms with E-state index in [1.165, 1.54) is 0 Å². The Balaban J connectivity index is 1.68. The zero-order chi connectivity index (χ0) is 25.0. The summed E-state index contributed by atoms with van der Waals surface area (Å²) in [5, 5.41) is 0.612. The van der Waals surface area contributed by atoms with Gasteiger partial charge in [0.25, 0.3) is 0 Å². The summed E-state index contributed by atoms with van der Waals surface area (Å²) >= 11 is 2.23. The SMILES string of the molecule is C[C@@]12SC(c3ccccc3)=NC1=C1C(=C3N=C(c4ccccc4)S[C@]32C)C(F)(F)C(F)(F)C1(F)F. The highest BCUT2D eigenvalue weighted by atomic mass is 32.2. The molecule has 2 heterocycles. The molecule has 2 aliphatic heterocycles. The van der Waals surface area contributed by atoms with Gasteiger partial charge in [-0.15, -0.1) is 0 Å². The van der Waals surface area contributed by atoms with Crippen LogP contribution in [0.4, 0.5) is 26.3 Å². The van der Waals surface area contributed by atoms with Crippen LogP contribution in [0.2, 0.25) is 0 Å². The molecule has 0 saturated heterocycles. The standard InChI is InChI=1S/C25H16F6N2S2/c1-21-17(32-19(34-21)13-9-5-3-6-10-13)15-16(24(28,29)25(30,31)23(15,26)27)18-22(21,2)35-20(33-18)14-11-7-4-8-12-14/h3-12H,1-2H3/t21-,22-/m1/s1. The fraction of sp³-hybridized carbons (Fsp3) is 0.280. The van der Waals surface area contributed by atoms with Crippen LogP contribution in [0.1, 0.15) is 25.0 Å². The van der Waals surface area contributed by atoms with Crippen LogP contribution < -0.4 is 0 Å². The minimum atomic E-state index is -5.62. The van der Waals surface area contributed by atoms with Crippen LogP contribution in [-0.2, 0) is 0 Å². The normalized spacial score (nSPS) is 31.7. The van der Waals surface area contributed by atoms with Crippen LogP contribution >= 0.6 is 23.5 Å². The van der Waals surface area contributed by atoms with Gasteiger partial charge >= 0.3 is 17.8 Å². The predicted molar refractivity (Wildman–Crippen MR) is 127 cm³/mol. The average Bonchev–Trinajstić information content (AvgIpc) is 3.40. The molecule has 0 amide bonds. The van der Waals surface area contributed by atoms with E-state index in [2.05, 4.69) is 9.98 Å². The number of halogens is 6. The molecular formula is C25H16F6N2S2. The third-order valence-corrected chi connectivity index (χ3v) is 10.2. The first-order chi connectivity index (χ1) is 16.4. The van der Waals surface area contributed by atoms with E-state index in [4.69, 9.17) is 0 Å². The maximum absolute atomic E-state index is 15.2. The number of fused-ring (bicyclic) bond motifs is 4. The van der Waals surface area contributed by atoms with E-state index in [0.717, 1.165) is 23.5 Å². The van der Waals surface area contributed by atoms with Crippen LogP contribution in [0, 0.1) is 0 Å². The van der Waals surface area contributed by atoms with E-state index >= 15 is 17.6 Å². The van der Waals surface area contributed by atoms with Crippen molar-refractivity contribution in [2.75, 3.05) is 0 Å². The molecule has 1 saturated carbocycles. The molecule has 4 aliphatic rings. The summed E-state index contributed by atoms with van der Waals surface area (Å²) in [7, 11) is 0. The van der Waals surface area contributed by atoms with Crippen molar-refractivity contribution in [3.8, 4) is 0 Å². The number of rotatable bonds is 2. The highest BCUT2D eigenvalue weighted by Gasteiger charge is 2.85. The van der Waals surface area contributed by atoms with Gasteiger partial charge in [0.05, 0.1) is 32.0 Å². The Morgan fingerprint density at radius 1 is 0.571 bits per heavy atom. The summed E-state index contributed by atoms with van der Waals surface area (Å²) in [4.78, 5) is 8.68. The van der Waals surface area contributed by atoms with Gasteiger partial charge in [-0.05, 0) is 13.8 Å². The lowest BCUT2D eigenvalue weighted by Crippen LogP contribution is -2.49. The number of thioether (sulfide) groups is 2. The second-order valence-electron chi connectivity index (χ2n) is 9.01. The molecule has 0 unspecified atom stereocenters. The Morgan fingerprint density at radius 3 is 1.26 bits per heavy atom. The quantitative estimate of drug-likeness (QED) is 0.386. The van der Waals surface area contributed by atoms with Crippen molar-refractivity contribution in [3.63, 3.8) is 0 Å². The van der Waals surface area contributed by atoms with Gasteiger partial charge in [0.15, 0.2) is 0 Å². The molecule has 6 rings (SSSR count). The zero-order valence-electron chi connectivity index (χ0n) is 18.3. The molecule has 2 nitrogen and oxygen atoms in total. The molecule has 2 aliphatic carbocycles. The Bertz CT molecular complexity index is 1290. The monoisotopic (exact) mass is 522 g/mol. The number of hydrogen-bond acceptors (Lipinski definition) is 4. The van der Waals surface area contributed by atoms with Crippen molar-refractivity contribution < 1.29 is 26.3 Å². The topological polar surface area (TPSA) is 24.7 Å². The van der Waals surface area contributed by atoms with Gasteiger partial charge in [0.1, 0.15) is 10.1 Å². The lowest BCUT2D eigenvalue weighted by Gasteiger charge is -2.44. The lowest BCUT2D eigenvalue weighted by atomic mass is 9.77. The van der Waals surface area contributed by atoms with Gasteiger partial charge in [-0.25, -0.2) is 9.98 Å². The highest BCUT2D eigenvalue weighted by Crippen LogP contribution is 2.72. The van der Waals surface area contributed by atoms with Gasteiger partial charge in [0, 0.05) is 11.1 Å². The number of hydrogen-bond donors (Lipinski definition) is 0. The molecule has 10 heteroatoms. The fourth-order valence-corrected chi connectivity index (χ4v) is 7.83. The van der Waals surface area contributed by atoms with Gasteiger partial charge in [0.2, 0.25) is 0 Å². The molecule has 0 N–H and O–H groups in total. The highest BCUT2D eigenvalue weighted by molar-refractivity contribution is 8.20. The van der Waals surface area contributed by atoms with E-state index in [9.17, 15) is 8.78 Å². The van der Waals surface area contributed by atoms with E-state index in [1.54, 1.807) is 74.5 Å². The molecule has 0 bridgehead atoms. The van der Waals surface area contributed by atoms with Crippen molar-refractivity contribution in [1.29, 1.82) is 0 Å². The largest absolute Gasteiger partial charge is 0.380 e. The first-order valence-corrected chi connectivity index (χ1v) is 12.3. The lowest BCUT2D eigenvalue weighted by molar-refractivity contribution is -0.258. The second-order valence-corrected chi connectivity index (χ2v) is 11.8. The Kier molecular flexibility index (Phi) is 4.49.